The molecule has 0 bridgehead atoms. The first kappa shape index (κ1) is 15.2. The van der Waals surface area contributed by atoms with Crippen LogP contribution in [0.4, 0.5) is 0 Å². The SMILES string of the molecule is Cc1ccc(CC(=O)NC(CBr)CC(C)C)cc1. The van der Waals surface area contributed by atoms with E-state index >= 15 is 0 Å². The van der Waals surface area contributed by atoms with Crippen molar-refractivity contribution in [3.8, 4) is 0 Å². The fourth-order valence-electron chi connectivity index (χ4n) is 1.90. The number of alkyl halides is 1. The van der Waals surface area contributed by atoms with Crippen LogP contribution in [0.3, 0.4) is 0 Å². The predicted octanol–water partition coefficient (Wildman–Crippen LogP) is 3.46. The van der Waals surface area contributed by atoms with Gasteiger partial charge in [-0.05, 0) is 24.8 Å². The van der Waals surface area contributed by atoms with Gasteiger partial charge in [0.15, 0.2) is 0 Å². The number of carbonyl (C=O) groups is 1. The summed E-state index contributed by atoms with van der Waals surface area (Å²) in [6.45, 7) is 6.39. The average molecular weight is 312 g/mol. The average Bonchev–Trinajstić information content (AvgIpc) is 2.30. The maximum atomic E-state index is 11.9. The van der Waals surface area contributed by atoms with E-state index in [4.69, 9.17) is 0 Å². The fraction of sp³-hybridized carbons (Fsp3) is 0.533. The van der Waals surface area contributed by atoms with Crippen molar-refractivity contribution in [1.29, 1.82) is 0 Å². The summed E-state index contributed by atoms with van der Waals surface area (Å²) >= 11 is 3.45. The topological polar surface area (TPSA) is 29.1 Å². The second-order valence-electron chi connectivity index (χ2n) is 5.21. The van der Waals surface area contributed by atoms with Crippen molar-refractivity contribution in [2.45, 2.75) is 39.7 Å². The van der Waals surface area contributed by atoms with Crippen molar-refractivity contribution in [1.82, 2.24) is 5.32 Å². The summed E-state index contributed by atoms with van der Waals surface area (Å²) in [5.74, 6) is 0.691. The van der Waals surface area contributed by atoms with Gasteiger partial charge in [-0.25, -0.2) is 0 Å². The smallest absolute Gasteiger partial charge is 0.224 e. The van der Waals surface area contributed by atoms with Gasteiger partial charge in [0, 0.05) is 11.4 Å². The molecule has 0 spiro atoms. The van der Waals surface area contributed by atoms with Crippen molar-refractivity contribution >= 4 is 21.8 Å². The molecule has 1 N–H and O–H groups in total. The Morgan fingerprint density at radius 3 is 2.39 bits per heavy atom. The number of amides is 1. The molecule has 2 nitrogen and oxygen atoms in total. The molecule has 0 fully saturated rings. The molecule has 1 rings (SSSR count). The number of nitrogens with one attached hydrogen (secondary N) is 1. The van der Waals surface area contributed by atoms with Crippen molar-refractivity contribution < 1.29 is 4.79 Å². The minimum absolute atomic E-state index is 0.101. The Morgan fingerprint density at radius 2 is 1.89 bits per heavy atom. The van der Waals surface area contributed by atoms with Gasteiger partial charge in [-0.15, -0.1) is 0 Å². The lowest BCUT2D eigenvalue weighted by atomic mass is 10.0. The third-order valence-electron chi connectivity index (χ3n) is 2.79. The van der Waals surface area contributed by atoms with Crippen LogP contribution in [-0.4, -0.2) is 17.3 Å². The van der Waals surface area contributed by atoms with Crippen LogP contribution < -0.4 is 5.32 Å². The molecule has 0 saturated heterocycles. The standard InChI is InChI=1S/C15H22BrNO/c1-11(2)8-14(10-16)17-15(18)9-13-6-4-12(3)5-7-13/h4-7,11,14H,8-10H2,1-3H3,(H,17,18). The van der Waals surface area contributed by atoms with Gasteiger partial charge >= 0.3 is 0 Å². The van der Waals surface area contributed by atoms with Gasteiger partial charge in [0.05, 0.1) is 6.42 Å². The number of benzene rings is 1. The van der Waals surface area contributed by atoms with Crippen LogP contribution in [0.15, 0.2) is 24.3 Å². The van der Waals surface area contributed by atoms with Crippen LogP contribution in [0, 0.1) is 12.8 Å². The molecule has 18 heavy (non-hydrogen) atoms. The highest BCUT2D eigenvalue weighted by atomic mass is 79.9. The maximum absolute atomic E-state index is 11.9. The zero-order chi connectivity index (χ0) is 13.5. The van der Waals surface area contributed by atoms with E-state index in [1.165, 1.54) is 5.56 Å². The van der Waals surface area contributed by atoms with Gasteiger partial charge in [-0.2, -0.15) is 0 Å². The van der Waals surface area contributed by atoms with Crippen LogP contribution in [0.25, 0.3) is 0 Å². The number of halogens is 1. The normalized spacial score (nSPS) is 12.5. The molecule has 1 aromatic rings. The molecular weight excluding hydrogens is 290 g/mol. The van der Waals surface area contributed by atoms with E-state index in [1.807, 2.05) is 31.2 Å². The van der Waals surface area contributed by atoms with Crippen molar-refractivity contribution in [2.75, 3.05) is 5.33 Å². The van der Waals surface area contributed by atoms with E-state index in [2.05, 4.69) is 35.1 Å². The first-order valence-electron chi connectivity index (χ1n) is 6.42. The summed E-state index contributed by atoms with van der Waals surface area (Å²) < 4.78 is 0. The Bertz CT molecular complexity index is 373. The number of rotatable bonds is 6. The van der Waals surface area contributed by atoms with Gasteiger partial charge in [0.25, 0.3) is 0 Å². The summed E-state index contributed by atoms with van der Waals surface area (Å²) in [7, 11) is 0. The van der Waals surface area contributed by atoms with Gasteiger partial charge in [0.2, 0.25) is 5.91 Å². The minimum atomic E-state index is 0.101. The lowest BCUT2D eigenvalue weighted by molar-refractivity contribution is -0.121. The second-order valence-corrected chi connectivity index (χ2v) is 5.86. The zero-order valence-corrected chi connectivity index (χ0v) is 13.0. The van der Waals surface area contributed by atoms with E-state index < -0.39 is 0 Å². The van der Waals surface area contributed by atoms with Crippen LogP contribution in [0.5, 0.6) is 0 Å². The summed E-state index contributed by atoms with van der Waals surface area (Å²) in [6.07, 6.45) is 1.47. The monoisotopic (exact) mass is 311 g/mol. The molecule has 0 aliphatic heterocycles. The molecule has 0 aliphatic rings. The molecule has 0 radical (unpaired) electrons. The summed E-state index contributed by atoms with van der Waals surface area (Å²) in [5.41, 5.74) is 2.29. The lowest BCUT2D eigenvalue weighted by Gasteiger charge is -2.18. The fourth-order valence-corrected chi connectivity index (χ4v) is 2.33. The molecule has 100 valence electrons. The molecular formula is C15H22BrNO. The predicted molar refractivity (Wildman–Crippen MR) is 80.1 cm³/mol. The maximum Gasteiger partial charge on any atom is 0.224 e. The number of aryl methyl sites for hydroxylation is 1. The van der Waals surface area contributed by atoms with Crippen LogP contribution >= 0.6 is 15.9 Å². The second kappa shape index (κ2) is 7.57. The molecule has 0 saturated carbocycles. The van der Waals surface area contributed by atoms with Crippen LogP contribution in [0.1, 0.15) is 31.4 Å². The molecule has 1 amide bonds. The van der Waals surface area contributed by atoms with Crippen molar-refractivity contribution in [3.63, 3.8) is 0 Å². The largest absolute Gasteiger partial charge is 0.352 e. The Kier molecular flexibility index (Phi) is 6.41. The molecule has 1 atom stereocenters. The van der Waals surface area contributed by atoms with E-state index in [9.17, 15) is 4.79 Å². The Balaban J connectivity index is 2.47. The van der Waals surface area contributed by atoms with Gasteiger partial charge < -0.3 is 5.32 Å². The Morgan fingerprint density at radius 1 is 1.28 bits per heavy atom. The van der Waals surface area contributed by atoms with E-state index in [-0.39, 0.29) is 11.9 Å². The Hall–Kier alpha value is -0.830. The third-order valence-corrected chi connectivity index (χ3v) is 3.57. The summed E-state index contributed by atoms with van der Waals surface area (Å²) in [4.78, 5) is 11.9. The van der Waals surface area contributed by atoms with Gasteiger partial charge in [0.1, 0.15) is 0 Å². The van der Waals surface area contributed by atoms with E-state index in [0.29, 0.717) is 12.3 Å². The summed E-state index contributed by atoms with van der Waals surface area (Å²) in [6, 6.07) is 8.33. The van der Waals surface area contributed by atoms with E-state index in [1.54, 1.807) is 0 Å². The molecule has 0 aliphatic carbocycles. The molecule has 0 heterocycles. The highest BCUT2D eigenvalue weighted by Crippen LogP contribution is 2.08. The third kappa shape index (κ3) is 5.67. The molecule has 1 unspecified atom stereocenters. The summed E-state index contributed by atoms with van der Waals surface area (Å²) in [5, 5.41) is 3.89. The molecule has 3 heteroatoms. The first-order chi connectivity index (χ1) is 8.51. The number of hydrogen-bond acceptors (Lipinski definition) is 1. The van der Waals surface area contributed by atoms with E-state index in [0.717, 1.165) is 17.3 Å². The van der Waals surface area contributed by atoms with Gasteiger partial charge in [-0.3, -0.25) is 4.79 Å². The van der Waals surface area contributed by atoms with Crippen molar-refractivity contribution in [3.05, 3.63) is 35.4 Å². The highest BCUT2D eigenvalue weighted by molar-refractivity contribution is 9.09. The number of hydrogen-bond donors (Lipinski definition) is 1. The quantitative estimate of drug-likeness (QED) is 0.801. The highest BCUT2D eigenvalue weighted by Gasteiger charge is 2.12. The van der Waals surface area contributed by atoms with Crippen LogP contribution in [-0.2, 0) is 11.2 Å². The van der Waals surface area contributed by atoms with Crippen molar-refractivity contribution in [2.24, 2.45) is 5.92 Å². The number of carbonyl (C=O) groups excluding carboxylic acids is 1. The first-order valence-corrected chi connectivity index (χ1v) is 7.54. The molecule has 0 aromatic heterocycles. The Labute approximate surface area is 118 Å². The minimum Gasteiger partial charge on any atom is -0.352 e. The molecule has 1 aromatic carbocycles. The zero-order valence-electron chi connectivity index (χ0n) is 11.4. The van der Waals surface area contributed by atoms with Crippen LogP contribution in [0.2, 0.25) is 0 Å². The van der Waals surface area contributed by atoms with Gasteiger partial charge in [-0.1, -0.05) is 59.6 Å². The lowest BCUT2D eigenvalue weighted by Crippen LogP contribution is -2.37.